The summed E-state index contributed by atoms with van der Waals surface area (Å²) >= 11 is 0. The van der Waals surface area contributed by atoms with Crippen molar-refractivity contribution in [2.24, 2.45) is 10.7 Å². The van der Waals surface area contributed by atoms with Crippen molar-refractivity contribution >= 4 is 11.8 Å². The molecule has 0 unspecified atom stereocenters. The summed E-state index contributed by atoms with van der Waals surface area (Å²) in [5.74, 6) is 0. The van der Waals surface area contributed by atoms with Crippen molar-refractivity contribution in [3.8, 4) is 0 Å². The highest BCUT2D eigenvalue weighted by Gasteiger charge is 2.20. The van der Waals surface area contributed by atoms with Gasteiger partial charge in [0, 0.05) is 0 Å². The molecule has 0 radical (unpaired) electrons. The molecule has 0 fully saturated rings. The highest BCUT2D eigenvalue weighted by molar-refractivity contribution is 5.48. The van der Waals surface area contributed by atoms with Gasteiger partial charge >= 0.3 is 0 Å². The van der Waals surface area contributed by atoms with E-state index >= 15 is 0 Å². The monoisotopic (exact) mass is 254 g/mol. The van der Waals surface area contributed by atoms with E-state index in [4.69, 9.17) is 21.1 Å². The molecular formula is C12H18N2O4. The lowest BCUT2D eigenvalue weighted by atomic mass is 10.1. The maximum absolute atomic E-state index is 9.77. The molecule has 0 atom stereocenters. The van der Waals surface area contributed by atoms with Crippen molar-refractivity contribution in [1.82, 2.24) is 0 Å². The fourth-order valence-electron chi connectivity index (χ4n) is 0.822. The van der Waals surface area contributed by atoms with E-state index in [9.17, 15) is 4.79 Å². The van der Waals surface area contributed by atoms with Gasteiger partial charge in [-0.1, -0.05) is 17.7 Å². The normalized spacial score (nSPS) is 10.1. The highest BCUT2D eigenvalue weighted by atomic mass is 16.3. The molecule has 100 valence electrons. The second-order valence-corrected chi connectivity index (χ2v) is 3.88. The Hall–Kier alpha value is -1.56. The Kier molecular flexibility index (Phi) is 7.78. The fourth-order valence-corrected chi connectivity index (χ4v) is 0.822. The lowest BCUT2D eigenvalue weighted by Crippen LogP contribution is -2.50. The average molecular weight is 254 g/mol. The summed E-state index contributed by atoms with van der Waals surface area (Å²) in [7, 11) is 0. The second kappa shape index (κ2) is 8.52. The first kappa shape index (κ1) is 16.4. The molecule has 1 rings (SSSR count). The third kappa shape index (κ3) is 6.24. The van der Waals surface area contributed by atoms with Gasteiger partial charge in [-0.3, -0.25) is 0 Å². The summed E-state index contributed by atoms with van der Waals surface area (Å²) in [5.41, 5.74) is 5.75. The van der Waals surface area contributed by atoms with Crippen LogP contribution in [0.25, 0.3) is 0 Å². The second-order valence-electron chi connectivity index (χ2n) is 3.88. The maximum atomic E-state index is 9.77. The summed E-state index contributed by atoms with van der Waals surface area (Å²) in [6, 6.07) is 7.35. The quantitative estimate of drug-likeness (QED) is 0.432. The number of hydrogen-bond acceptors (Lipinski definition) is 6. The number of aliphatic imine (C=N–C) groups is 1. The van der Waals surface area contributed by atoms with Crippen molar-refractivity contribution in [3.05, 3.63) is 29.8 Å². The molecule has 0 saturated heterocycles. The number of carbonyl (C=O) groups excluding carboxylic acids is 1. The topological polar surface area (TPSA) is 116 Å². The molecule has 18 heavy (non-hydrogen) atoms. The number of rotatable bonds is 4. The molecular weight excluding hydrogens is 236 g/mol. The molecule has 0 aliphatic heterocycles. The van der Waals surface area contributed by atoms with Crippen molar-refractivity contribution in [2.75, 3.05) is 19.8 Å². The van der Waals surface area contributed by atoms with Crippen LogP contribution < -0.4 is 5.73 Å². The van der Waals surface area contributed by atoms with Crippen LogP contribution in [0.4, 0.5) is 5.69 Å². The predicted molar refractivity (Wildman–Crippen MR) is 67.1 cm³/mol. The first-order valence-corrected chi connectivity index (χ1v) is 5.27. The molecule has 0 heterocycles. The number of aliphatic hydroxyl groups is 3. The molecule has 0 aliphatic rings. The first-order chi connectivity index (χ1) is 8.51. The van der Waals surface area contributed by atoms with Crippen molar-refractivity contribution in [1.29, 1.82) is 0 Å². The van der Waals surface area contributed by atoms with Gasteiger partial charge in [0.15, 0.2) is 0 Å². The Labute approximate surface area is 105 Å². The molecule has 6 heteroatoms. The lowest BCUT2D eigenvalue weighted by Gasteiger charge is -2.20. The third-order valence-electron chi connectivity index (χ3n) is 2.15. The Bertz CT molecular complexity index is 373. The van der Waals surface area contributed by atoms with E-state index in [-0.39, 0.29) is 0 Å². The van der Waals surface area contributed by atoms with Gasteiger partial charge in [0.25, 0.3) is 0 Å². The lowest BCUT2D eigenvalue weighted by molar-refractivity contribution is 0.0698. The number of nitrogens with two attached hydrogens (primary N) is 1. The van der Waals surface area contributed by atoms with Gasteiger partial charge in [-0.05, 0) is 19.1 Å². The highest BCUT2D eigenvalue weighted by Crippen LogP contribution is 2.10. The van der Waals surface area contributed by atoms with Gasteiger partial charge in [0.1, 0.15) is 0 Å². The number of benzene rings is 1. The van der Waals surface area contributed by atoms with E-state index in [1.807, 2.05) is 19.1 Å². The van der Waals surface area contributed by atoms with Gasteiger partial charge in [0.2, 0.25) is 6.08 Å². The van der Waals surface area contributed by atoms with Gasteiger partial charge < -0.3 is 21.1 Å². The summed E-state index contributed by atoms with van der Waals surface area (Å²) in [6.45, 7) is 0.772. The molecule has 0 spiro atoms. The molecule has 5 N–H and O–H groups in total. The molecule has 0 aromatic heterocycles. The number of nitrogens with zero attached hydrogens (tertiary/aromatic N) is 1. The van der Waals surface area contributed by atoms with Gasteiger partial charge in [-0.25, -0.2) is 4.79 Å². The summed E-state index contributed by atoms with van der Waals surface area (Å²) in [4.78, 5) is 13.2. The van der Waals surface area contributed by atoms with Crippen LogP contribution in [0, 0.1) is 6.92 Å². The van der Waals surface area contributed by atoms with Crippen LogP contribution in [0.15, 0.2) is 29.3 Å². The SMILES string of the molecule is Cc1ccc(N=C=O)cc1.NC(CO)(CO)CO. The number of hydrogen-bond donors (Lipinski definition) is 4. The van der Waals surface area contributed by atoms with E-state index in [1.54, 1.807) is 12.1 Å². The zero-order chi connectivity index (χ0) is 14.0. The molecule has 0 bridgehead atoms. The van der Waals surface area contributed by atoms with Crippen LogP contribution in [0.3, 0.4) is 0 Å². The van der Waals surface area contributed by atoms with E-state index in [2.05, 4.69) is 4.99 Å². The minimum atomic E-state index is -1.21. The van der Waals surface area contributed by atoms with Crippen LogP contribution in [-0.2, 0) is 4.79 Å². The van der Waals surface area contributed by atoms with Gasteiger partial charge in [-0.15, -0.1) is 0 Å². The number of aryl methyl sites for hydroxylation is 1. The fraction of sp³-hybridized carbons (Fsp3) is 0.417. The Balaban J connectivity index is 0.000000331. The molecule has 0 aliphatic carbocycles. The van der Waals surface area contributed by atoms with Crippen molar-refractivity contribution < 1.29 is 20.1 Å². The van der Waals surface area contributed by atoms with E-state index in [0.717, 1.165) is 5.56 Å². The average Bonchev–Trinajstić information content (AvgIpc) is 2.41. The third-order valence-corrected chi connectivity index (χ3v) is 2.15. The van der Waals surface area contributed by atoms with Crippen LogP contribution in [0.2, 0.25) is 0 Å². The zero-order valence-electron chi connectivity index (χ0n) is 10.2. The largest absolute Gasteiger partial charge is 0.394 e. The molecule has 0 saturated carbocycles. The molecule has 0 amide bonds. The minimum Gasteiger partial charge on any atom is -0.394 e. The van der Waals surface area contributed by atoms with Crippen LogP contribution in [-0.4, -0.2) is 46.8 Å². The molecule has 1 aromatic rings. The molecule has 1 aromatic carbocycles. The van der Waals surface area contributed by atoms with Gasteiger partial charge in [-0.2, -0.15) is 4.99 Å². The summed E-state index contributed by atoms with van der Waals surface area (Å²) < 4.78 is 0. The standard InChI is InChI=1S/C8H7NO.C4H11NO3/c1-7-2-4-8(5-3-7)9-6-10;5-4(1-6,2-7)3-8/h2-5H,1H3;6-8H,1-3,5H2. The first-order valence-electron chi connectivity index (χ1n) is 5.27. The number of aliphatic hydroxyl groups excluding tert-OH is 3. The maximum Gasteiger partial charge on any atom is 0.240 e. The zero-order valence-corrected chi connectivity index (χ0v) is 10.2. The Morgan fingerprint density at radius 3 is 1.89 bits per heavy atom. The van der Waals surface area contributed by atoms with Crippen molar-refractivity contribution in [3.63, 3.8) is 0 Å². The van der Waals surface area contributed by atoms with Crippen LogP contribution in [0.1, 0.15) is 5.56 Å². The van der Waals surface area contributed by atoms with Gasteiger partial charge in [0.05, 0.1) is 31.0 Å². The Morgan fingerprint density at radius 1 is 1.17 bits per heavy atom. The summed E-state index contributed by atoms with van der Waals surface area (Å²) in [5, 5.41) is 25.0. The Morgan fingerprint density at radius 2 is 1.61 bits per heavy atom. The minimum absolute atomic E-state index is 0.403. The molecule has 6 nitrogen and oxygen atoms in total. The van der Waals surface area contributed by atoms with E-state index < -0.39 is 25.4 Å². The van der Waals surface area contributed by atoms with Crippen LogP contribution >= 0.6 is 0 Å². The predicted octanol–water partition coefficient (Wildman–Crippen LogP) is -0.377. The van der Waals surface area contributed by atoms with Crippen LogP contribution in [0.5, 0.6) is 0 Å². The van der Waals surface area contributed by atoms with E-state index in [1.165, 1.54) is 6.08 Å². The van der Waals surface area contributed by atoms with E-state index in [0.29, 0.717) is 5.69 Å². The smallest absolute Gasteiger partial charge is 0.240 e. The summed E-state index contributed by atoms with van der Waals surface area (Å²) in [6.07, 6.45) is 1.48. The number of isocyanates is 1. The van der Waals surface area contributed by atoms with Crippen molar-refractivity contribution in [2.45, 2.75) is 12.5 Å².